The van der Waals surface area contributed by atoms with E-state index >= 15 is 0 Å². The molecule has 0 aliphatic heterocycles. The molecule has 19 heavy (non-hydrogen) atoms. The first-order valence-electron chi connectivity index (χ1n) is 7.20. The Morgan fingerprint density at radius 1 is 1.42 bits per heavy atom. The molecule has 3 N–H and O–H groups in total. The predicted molar refractivity (Wildman–Crippen MR) is 77.9 cm³/mol. The zero-order valence-electron chi connectivity index (χ0n) is 11.9. The van der Waals surface area contributed by atoms with E-state index in [9.17, 15) is 4.79 Å². The number of hydrogen-bond donors (Lipinski definition) is 2. The minimum Gasteiger partial charge on any atom is -0.355 e. The Bertz CT molecular complexity index is 442. The SMILES string of the molecule is CC(N)C(C)C(=O)NCC1CCCc2ccccc21. The van der Waals surface area contributed by atoms with E-state index in [1.807, 2.05) is 13.8 Å². The predicted octanol–water partition coefficient (Wildman–Crippen LogP) is 2.21. The molecule has 0 fully saturated rings. The quantitative estimate of drug-likeness (QED) is 0.872. The monoisotopic (exact) mass is 260 g/mol. The molecule has 3 heteroatoms. The van der Waals surface area contributed by atoms with Gasteiger partial charge in [0.1, 0.15) is 0 Å². The van der Waals surface area contributed by atoms with E-state index in [4.69, 9.17) is 5.73 Å². The summed E-state index contributed by atoms with van der Waals surface area (Å²) in [7, 11) is 0. The zero-order chi connectivity index (χ0) is 13.8. The smallest absolute Gasteiger partial charge is 0.224 e. The third-order valence-corrected chi connectivity index (χ3v) is 4.22. The van der Waals surface area contributed by atoms with Crippen molar-refractivity contribution in [3.05, 3.63) is 35.4 Å². The molecule has 2 rings (SSSR count). The third kappa shape index (κ3) is 3.35. The van der Waals surface area contributed by atoms with E-state index in [0.717, 1.165) is 19.4 Å². The summed E-state index contributed by atoms with van der Waals surface area (Å²) in [6.07, 6.45) is 3.53. The van der Waals surface area contributed by atoms with Crippen LogP contribution in [0.1, 0.15) is 43.7 Å². The Hall–Kier alpha value is -1.35. The van der Waals surface area contributed by atoms with Crippen molar-refractivity contribution in [3.63, 3.8) is 0 Å². The van der Waals surface area contributed by atoms with Crippen LogP contribution < -0.4 is 11.1 Å². The molecule has 104 valence electrons. The van der Waals surface area contributed by atoms with Gasteiger partial charge in [0.25, 0.3) is 0 Å². The van der Waals surface area contributed by atoms with Crippen molar-refractivity contribution in [2.45, 2.75) is 45.1 Å². The Labute approximate surface area is 115 Å². The van der Waals surface area contributed by atoms with Gasteiger partial charge in [0, 0.05) is 24.4 Å². The molecule has 0 bridgehead atoms. The fourth-order valence-corrected chi connectivity index (χ4v) is 2.69. The number of carbonyl (C=O) groups excluding carboxylic acids is 1. The number of hydrogen-bond acceptors (Lipinski definition) is 2. The van der Waals surface area contributed by atoms with Gasteiger partial charge in [0.15, 0.2) is 0 Å². The molecule has 0 aromatic heterocycles. The summed E-state index contributed by atoms with van der Waals surface area (Å²) in [5, 5.41) is 3.06. The normalized spacial score (nSPS) is 21.3. The lowest BCUT2D eigenvalue weighted by atomic mass is 9.83. The standard InChI is InChI=1S/C16H24N2O/c1-11(12(2)17)16(19)18-10-14-8-5-7-13-6-3-4-9-15(13)14/h3-4,6,9,11-12,14H,5,7-8,10,17H2,1-2H3,(H,18,19). The van der Waals surface area contributed by atoms with E-state index in [1.165, 1.54) is 17.5 Å². The third-order valence-electron chi connectivity index (χ3n) is 4.22. The van der Waals surface area contributed by atoms with Crippen LogP contribution in [0, 0.1) is 5.92 Å². The molecule has 1 amide bonds. The van der Waals surface area contributed by atoms with E-state index in [-0.39, 0.29) is 17.9 Å². The molecule has 3 unspecified atom stereocenters. The molecule has 3 atom stereocenters. The molecule has 1 aromatic carbocycles. The minimum absolute atomic E-state index is 0.0676. The van der Waals surface area contributed by atoms with E-state index in [1.54, 1.807) is 0 Å². The Kier molecular flexibility index (Phi) is 4.59. The van der Waals surface area contributed by atoms with Crippen molar-refractivity contribution in [2.75, 3.05) is 6.54 Å². The first kappa shape index (κ1) is 14.1. The lowest BCUT2D eigenvalue weighted by molar-refractivity contribution is -0.125. The lowest BCUT2D eigenvalue weighted by Crippen LogP contribution is -2.40. The van der Waals surface area contributed by atoms with Crippen LogP contribution in [-0.4, -0.2) is 18.5 Å². The van der Waals surface area contributed by atoms with Crippen molar-refractivity contribution in [2.24, 2.45) is 11.7 Å². The maximum atomic E-state index is 11.9. The topological polar surface area (TPSA) is 55.1 Å². The number of nitrogens with two attached hydrogens (primary N) is 1. The van der Waals surface area contributed by atoms with Crippen LogP contribution in [0.5, 0.6) is 0 Å². The molecular formula is C16H24N2O. The van der Waals surface area contributed by atoms with Gasteiger partial charge < -0.3 is 11.1 Å². The van der Waals surface area contributed by atoms with Gasteiger partial charge in [-0.1, -0.05) is 31.2 Å². The fraction of sp³-hybridized carbons (Fsp3) is 0.562. The molecule has 3 nitrogen and oxygen atoms in total. The lowest BCUT2D eigenvalue weighted by Gasteiger charge is -2.26. The van der Waals surface area contributed by atoms with Crippen molar-refractivity contribution < 1.29 is 4.79 Å². The van der Waals surface area contributed by atoms with Crippen molar-refractivity contribution >= 4 is 5.91 Å². The molecule has 1 aliphatic rings. The largest absolute Gasteiger partial charge is 0.355 e. The molecule has 0 saturated heterocycles. The van der Waals surface area contributed by atoms with Gasteiger partial charge in [-0.05, 0) is 37.3 Å². The average molecular weight is 260 g/mol. The van der Waals surface area contributed by atoms with Crippen LogP contribution in [0.15, 0.2) is 24.3 Å². The maximum Gasteiger partial charge on any atom is 0.224 e. The van der Waals surface area contributed by atoms with Crippen molar-refractivity contribution in [3.8, 4) is 0 Å². The zero-order valence-corrected chi connectivity index (χ0v) is 11.9. The highest BCUT2D eigenvalue weighted by Gasteiger charge is 2.22. The number of amides is 1. The van der Waals surface area contributed by atoms with Crippen LogP contribution in [0.2, 0.25) is 0 Å². The van der Waals surface area contributed by atoms with E-state index in [0.29, 0.717) is 5.92 Å². The van der Waals surface area contributed by atoms with Crippen molar-refractivity contribution in [1.82, 2.24) is 5.32 Å². The summed E-state index contributed by atoms with van der Waals surface area (Å²) >= 11 is 0. The van der Waals surface area contributed by atoms with E-state index < -0.39 is 0 Å². The number of fused-ring (bicyclic) bond motifs is 1. The van der Waals surface area contributed by atoms with Gasteiger partial charge in [-0.25, -0.2) is 0 Å². The molecular weight excluding hydrogens is 236 g/mol. The highest BCUT2D eigenvalue weighted by molar-refractivity contribution is 5.79. The minimum atomic E-state index is -0.126. The maximum absolute atomic E-state index is 11.9. The van der Waals surface area contributed by atoms with Crippen molar-refractivity contribution in [1.29, 1.82) is 0 Å². The number of carbonyl (C=O) groups is 1. The second-order valence-corrected chi connectivity index (χ2v) is 5.68. The molecule has 1 aliphatic carbocycles. The van der Waals surface area contributed by atoms with Gasteiger partial charge in [0.05, 0.1) is 0 Å². The van der Waals surface area contributed by atoms with Gasteiger partial charge in [-0.3, -0.25) is 4.79 Å². The van der Waals surface area contributed by atoms with Crippen LogP contribution in [-0.2, 0) is 11.2 Å². The summed E-state index contributed by atoms with van der Waals surface area (Å²) in [5.74, 6) is 0.395. The summed E-state index contributed by atoms with van der Waals surface area (Å²) < 4.78 is 0. The molecule has 0 spiro atoms. The Morgan fingerprint density at radius 2 is 2.16 bits per heavy atom. The van der Waals surface area contributed by atoms with Gasteiger partial charge in [-0.15, -0.1) is 0 Å². The van der Waals surface area contributed by atoms with Gasteiger partial charge in [0.2, 0.25) is 5.91 Å². The van der Waals surface area contributed by atoms with Crippen LogP contribution in [0.25, 0.3) is 0 Å². The number of benzene rings is 1. The number of rotatable bonds is 4. The van der Waals surface area contributed by atoms with Crippen LogP contribution in [0.4, 0.5) is 0 Å². The highest BCUT2D eigenvalue weighted by Crippen LogP contribution is 2.30. The Balaban J connectivity index is 1.96. The van der Waals surface area contributed by atoms with E-state index in [2.05, 4.69) is 29.6 Å². The summed E-state index contributed by atoms with van der Waals surface area (Å²) in [4.78, 5) is 11.9. The first-order valence-corrected chi connectivity index (χ1v) is 7.20. The fourth-order valence-electron chi connectivity index (χ4n) is 2.69. The first-order chi connectivity index (χ1) is 9.09. The van der Waals surface area contributed by atoms with Crippen LogP contribution >= 0.6 is 0 Å². The summed E-state index contributed by atoms with van der Waals surface area (Å²) in [6.45, 7) is 4.49. The molecule has 0 heterocycles. The summed E-state index contributed by atoms with van der Waals surface area (Å²) in [6, 6.07) is 8.48. The Morgan fingerprint density at radius 3 is 2.89 bits per heavy atom. The number of nitrogens with one attached hydrogen (secondary N) is 1. The molecule has 1 aromatic rings. The highest BCUT2D eigenvalue weighted by atomic mass is 16.1. The molecule has 0 saturated carbocycles. The van der Waals surface area contributed by atoms with Gasteiger partial charge >= 0.3 is 0 Å². The second kappa shape index (κ2) is 6.20. The average Bonchev–Trinajstić information content (AvgIpc) is 2.43. The van der Waals surface area contributed by atoms with Gasteiger partial charge in [-0.2, -0.15) is 0 Å². The molecule has 0 radical (unpaired) electrons. The number of aryl methyl sites for hydroxylation is 1. The van der Waals surface area contributed by atoms with Crippen LogP contribution in [0.3, 0.4) is 0 Å². The second-order valence-electron chi connectivity index (χ2n) is 5.68. The summed E-state index contributed by atoms with van der Waals surface area (Å²) in [5.41, 5.74) is 8.60.